The third-order valence-electron chi connectivity index (χ3n) is 5.78. The second kappa shape index (κ2) is 11.9. The van der Waals surface area contributed by atoms with Crippen molar-refractivity contribution in [1.82, 2.24) is 20.3 Å². The molecule has 208 valence electrons. The molecular formula is C26H25FN6O6S. The maximum atomic E-state index is 13.4. The van der Waals surface area contributed by atoms with Gasteiger partial charge in [-0.1, -0.05) is 24.7 Å². The van der Waals surface area contributed by atoms with Crippen molar-refractivity contribution in [2.75, 3.05) is 18.4 Å². The lowest BCUT2D eigenvalue weighted by molar-refractivity contribution is -0.119. The van der Waals surface area contributed by atoms with Crippen molar-refractivity contribution in [1.29, 1.82) is 5.26 Å². The maximum absolute atomic E-state index is 13.4. The Labute approximate surface area is 229 Å². The van der Waals surface area contributed by atoms with Crippen LogP contribution in [-0.2, 0) is 34.3 Å². The van der Waals surface area contributed by atoms with Gasteiger partial charge in [0.15, 0.2) is 23.8 Å². The van der Waals surface area contributed by atoms with Gasteiger partial charge in [-0.15, -0.1) is 0 Å². The minimum absolute atomic E-state index is 0.0288. The molecule has 0 saturated carbocycles. The number of hydrogen-bond donors (Lipinski definition) is 2. The van der Waals surface area contributed by atoms with Gasteiger partial charge in [-0.3, -0.25) is 14.2 Å². The van der Waals surface area contributed by atoms with Gasteiger partial charge < -0.3 is 19.3 Å². The van der Waals surface area contributed by atoms with E-state index in [0.717, 1.165) is 5.56 Å². The lowest BCUT2D eigenvalue weighted by Crippen LogP contribution is -2.22. The predicted octanol–water partition coefficient (Wildman–Crippen LogP) is 3.45. The molecule has 0 aliphatic carbocycles. The number of benzene rings is 2. The standard InChI is InChI=1S/C26H25FN6O6S/c1-4-17-5-6-20(38-8-7-28)23(11-17)40(35,36)32-25-24-21(37-3)9-18(10-22(24)39-31-25)14-33-15-19(13-30-33)12-29-26(34)16(2)27/h5-6,9-11,13,15H,2,4,8,12,14H2,1,3H3,(H,29,34)(H,31,32). The number of nitriles is 1. The number of fused-ring (bicyclic) bond motifs is 1. The summed E-state index contributed by atoms with van der Waals surface area (Å²) in [7, 11) is -2.78. The van der Waals surface area contributed by atoms with Crippen LogP contribution in [0.2, 0.25) is 0 Å². The molecule has 0 bridgehead atoms. The fraction of sp³-hybridized carbons (Fsp3) is 0.231. The van der Waals surface area contributed by atoms with Gasteiger partial charge in [0.2, 0.25) is 0 Å². The molecule has 0 spiro atoms. The number of rotatable bonds is 12. The van der Waals surface area contributed by atoms with Crippen LogP contribution in [0.15, 0.2) is 64.5 Å². The smallest absolute Gasteiger partial charge is 0.279 e. The molecular weight excluding hydrogens is 543 g/mol. The number of carbonyl (C=O) groups excluding carboxylic acids is 1. The fourth-order valence-electron chi connectivity index (χ4n) is 3.86. The van der Waals surface area contributed by atoms with Gasteiger partial charge in [-0.25, -0.2) is 12.8 Å². The van der Waals surface area contributed by atoms with E-state index in [9.17, 15) is 17.6 Å². The molecule has 0 aliphatic rings. The average Bonchev–Trinajstić information content (AvgIpc) is 3.56. The molecule has 0 radical (unpaired) electrons. The van der Waals surface area contributed by atoms with Crippen LogP contribution in [0.5, 0.6) is 11.5 Å². The molecule has 2 N–H and O–H groups in total. The molecule has 1 amide bonds. The molecule has 0 fully saturated rings. The molecule has 0 atom stereocenters. The molecule has 2 aromatic carbocycles. The highest BCUT2D eigenvalue weighted by Crippen LogP contribution is 2.36. The van der Waals surface area contributed by atoms with Crippen LogP contribution in [0, 0.1) is 11.3 Å². The third kappa shape index (κ3) is 6.21. The molecule has 40 heavy (non-hydrogen) atoms. The van der Waals surface area contributed by atoms with E-state index in [1.807, 2.05) is 13.0 Å². The topological polar surface area (TPSA) is 161 Å². The normalized spacial score (nSPS) is 11.2. The van der Waals surface area contributed by atoms with Crippen LogP contribution < -0.4 is 19.5 Å². The van der Waals surface area contributed by atoms with Crippen molar-refractivity contribution in [3.05, 3.63) is 71.8 Å². The van der Waals surface area contributed by atoms with Crippen molar-refractivity contribution < 1.29 is 31.6 Å². The van der Waals surface area contributed by atoms with Crippen LogP contribution in [0.25, 0.3) is 11.0 Å². The monoisotopic (exact) mass is 568 g/mol. The lowest BCUT2D eigenvalue weighted by Gasteiger charge is -2.13. The highest BCUT2D eigenvalue weighted by atomic mass is 32.2. The second-order valence-electron chi connectivity index (χ2n) is 8.52. The number of hydrogen-bond acceptors (Lipinski definition) is 9. The Morgan fingerprint density at radius 1 is 1.23 bits per heavy atom. The number of methoxy groups -OCH3 is 1. The quantitative estimate of drug-likeness (QED) is 0.244. The summed E-state index contributed by atoms with van der Waals surface area (Å²) in [6.45, 7) is 4.86. The van der Waals surface area contributed by atoms with E-state index in [2.05, 4.69) is 26.9 Å². The van der Waals surface area contributed by atoms with Gasteiger partial charge >= 0.3 is 0 Å². The number of anilines is 1. The summed E-state index contributed by atoms with van der Waals surface area (Å²) in [4.78, 5) is 11.2. The Bertz CT molecular complexity index is 1720. The maximum Gasteiger partial charge on any atom is 0.279 e. The summed E-state index contributed by atoms with van der Waals surface area (Å²) in [5, 5.41) is 19.7. The Morgan fingerprint density at radius 3 is 2.73 bits per heavy atom. The number of carbonyl (C=O) groups is 1. The molecule has 2 aromatic heterocycles. The first kappa shape index (κ1) is 28.1. The first-order valence-corrected chi connectivity index (χ1v) is 13.4. The highest BCUT2D eigenvalue weighted by Gasteiger charge is 2.25. The van der Waals surface area contributed by atoms with E-state index in [1.54, 1.807) is 29.1 Å². The summed E-state index contributed by atoms with van der Waals surface area (Å²) in [6.07, 6.45) is 3.79. The van der Waals surface area contributed by atoms with Gasteiger partial charge in [0, 0.05) is 18.3 Å². The number of aryl methyl sites for hydroxylation is 1. The fourth-order valence-corrected chi connectivity index (χ4v) is 5.06. The van der Waals surface area contributed by atoms with Crippen LogP contribution in [-0.4, -0.2) is 43.0 Å². The number of ether oxygens (including phenoxy) is 2. The van der Waals surface area contributed by atoms with Crippen LogP contribution in [0.1, 0.15) is 23.6 Å². The molecule has 0 saturated heterocycles. The number of amides is 1. The summed E-state index contributed by atoms with van der Waals surface area (Å²) in [6, 6.07) is 9.88. The average molecular weight is 569 g/mol. The zero-order valence-corrected chi connectivity index (χ0v) is 22.4. The van der Waals surface area contributed by atoms with Crippen molar-refractivity contribution in [3.63, 3.8) is 0 Å². The molecule has 12 nitrogen and oxygen atoms in total. The van der Waals surface area contributed by atoms with Crippen molar-refractivity contribution >= 4 is 32.7 Å². The summed E-state index contributed by atoms with van der Waals surface area (Å²) >= 11 is 0. The van der Waals surface area contributed by atoms with E-state index in [-0.39, 0.29) is 41.7 Å². The number of halogens is 1. The number of aromatic nitrogens is 3. The van der Waals surface area contributed by atoms with E-state index in [1.165, 1.54) is 25.4 Å². The minimum atomic E-state index is -4.20. The second-order valence-corrected chi connectivity index (χ2v) is 10.2. The Hall–Kier alpha value is -4.90. The van der Waals surface area contributed by atoms with Gasteiger partial charge in [0.1, 0.15) is 27.8 Å². The van der Waals surface area contributed by atoms with Crippen LogP contribution >= 0.6 is 0 Å². The summed E-state index contributed by atoms with van der Waals surface area (Å²) in [5.41, 5.74) is 2.36. The number of sulfonamides is 1. The van der Waals surface area contributed by atoms with Crippen molar-refractivity contribution in [2.45, 2.75) is 31.3 Å². The molecule has 4 aromatic rings. The Balaban J connectivity index is 1.59. The van der Waals surface area contributed by atoms with Gasteiger partial charge in [-0.05, 0) is 41.8 Å². The van der Waals surface area contributed by atoms with E-state index < -0.39 is 21.8 Å². The van der Waals surface area contributed by atoms with E-state index in [0.29, 0.717) is 28.7 Å². The van der Waals surface area contributed by atoms with Crippen molar-refractivity contribution in [3.8, 4) is 17.6 Å². The zero-order valence-electron chi connectivity index (χ0n) is 21.6. The summed E-state index contributed by atoms with van der Waals surface area (Å²) < 4.78 is 59.9. The minimum Gasteiger partial charge on any atom is -0.496 e. The van der Waals surface area contributed by atoms with E-state index in [4.69, 9.17) is 19.3 Å². The number of nitrogens with zero attached hydrogens (tertiary/aromatic N) is 4. The Morgan fingerprint density at radius 2 is 2.02 bits per heavy atom. The largest absolute Gasteiger partial charge is 0.496 e. The van der Waals surface area contributed by atoms with Gasteiger partial charge in [0.05, 0.1) is 19.9 Å². The molecule has 4 rings (SSSR count). The molecule has 0 aliphatic heterocycles. The van der Waals surface area contributed by atoms with E-state index >= 15 is 0 Å². The van der Waals surface area contributed by atoms with Crippen LogP contribution in [0.4, 0.5) is 10.2 Å². The first-order chi connectivity index (χ1) is 19.1. The molecule has 14 heteroatoms. The highest BCUT2D eigenvalue weighted by molar-refractivity contribution is 7.92. The molecule has 2 heterocycles. The SMILES string of the molecule is C=C(F)C(=O)NCc1cnn(Cc2cc(OC)c3c(NS(=O)(=O)c4cc(CC)ccc4OCC#N)noc3c2)c1. The number of nitrogens with one attached hydrogen (secondary N) is 2. The molecule has 0 unspecified atom stereocenters. The van der Waals surface area contributed by atoms with Crippen LogP contribution in [0.3, 0.4) is 0 Å². The van der Waals surface area contributed by atoms with Gasteiger partial charge in [0.25, 0.3) is 15.9 Å². The zero-order chi connectivity index (χ0) is 28.9. The summed E-state index contributed by atoms with van der Waals surface area (Å²) in [5.74, 6) is -1.73. The lowest BCUT2D eigenvalue weighted by atomic mass is 10.1. The first-order valence-electron chi connectivity index (χ1n) is 11.9. The van der Waals surface area contributed by atoms with Gasteiger partial charge in [-0.2, -0.15) is 10.4 Å². The van der Waals surface area contributed by atoms with Crippen molar-refractivity contribution in [2.24, 2.45) is 0 Å². The predicted molar refractivity (Wildman–Crippen MR) is 142 cm³/mol. The Kier molecular flexibility index (Phi) is 8.34. The third-order valence-corrected chi connectivity index (χ3v) is 7.14.